The number of carbonyl (C=O) groups is 2. The first-order valence-electron chi connectivity index (χ1n) is 10.9. The van der Waals surface area contributed by atoms with E-state index in [1.807, 2.05) is 0 Å². The first-order chi connectivity index (χ1) is 12.5. The molecule has 0 aromatic rings. The molecule has 0 saturated carbocycles. The van der Waals surface area contributed by atoms with Crippen LogP contribution in [-0.2, 0) is 9.59 Å². The van der Waals surface area contributed by atoms with E-state index in [0.717, 1.165) is 77.0 Å². The Hall–Kier alpha value is -1.06. The minimum Gasteiger partial charge on any atom is -0.481 e. The van der Waals surface area contributed by atoms with Crippen LogP contribution in [0.1, 0.15) is 123 Å². The third-order valence-electron chi connectivity index (χ3n) is 5.52. The third-order valence-corrected chi connectivity index (χ3v) is 5.52. The molecule has 0 heterocycles. The van der Waals surface area contributed by atoms with Gasteiger partial charge in [-0.1, -0.05) is 90.9 Å². The predicted octanol–water partition coefficient (Wildman–Crippen LogP) is 6.81. The zero-order chi connectivity index (χ0) is 19.7. The minimum atomic E-state index is -0.728. The summed E-state index contributed by atoms with van der Waals surface area (Å²) >= 11 is 0. The third kappa shape index (κ3) is 12.3. The summed E-state index contributed by atoms with van der Waals surface area (Å²) in [6, 6.07) is 0. The maximum absolute atomic E-state index is 12.1. The van der Waals surface area contributed by atoms with Gasteiger partial charge in [-0.2, -0.15) is 0 Å². The van der Waals surface area contributed by atoms with Gasteiger partial charge in [0.25, 0.3) is 0 Å². The smallest absolute Gasteiger partial charge is 0.309 e. The van der Waals surface area contributed by atoms with Gasteiger partial charge >= 0.3 is 11.9 Å². The molecule has 4 nitrogen and oxygen atoms in total. The van der Waals surface area contributed by atoms with Gasteiger partial charge in [0.2, 0.25) is 0 Å². The van der Waals surface area contributed by atoms with E-state index in [1.54, 1.807) is 0 Å². The van der Waals surface area contributed by atoms with Crippen molar-refractivity contribution in [1.29, 1.82) is 0 Å². The fourth-order valence-corrected chi connectivity index (χ4v) is 3.75. The molecule has 0 bridgehead atoms. The Labute approximate surface area is 160 Å². The first kappa shape index (κ1) is 24.9. The van der Waals surface area contributed by atoms with Crippen LogP contribution in [0, 0.1) is 5.41 Å². The Balaban J connectivity index is 4.42. The lowest BCUT2D eigenvalue weighted by Gasteiger charge is -2.30. The number of carboxylic acids is 2. The summed E-state index contributed by atoms with van der Waals surface area (Å²) in [4.78, 5) is 22.6. The highest BCUT2D eigenvalue weighted by atomic mass is 16.4. The van der Waals surface area contributed by atoms with Gasteiger partial charge in [-0.3, -0.25) is 9.59 Å². The van der Waals surface area contributed by atoms with Gasteiger partial charge < -0.3 is 10.2 Å². The van der Waals surface area contributed by atoms with E-state index in [-0.39, 0.29) is 6.42 Å². The van der Waals surface area contributed by atoms with Gasteiger partial charge in [0.15, 0.2) is 0 Å². The molecule has 0 aliphatic heterocycles. The average molecular weight is 371 g/mol. The largest absolute Gasteiger partial charge is 0.481 e. The molecule has 0 aromatic carbocycles. The summed E-state index contributed by atoms with van der Waals surface area (Å²) < 4.78 is 0. The van der Waals surface area contributed by atoms with Crippen LogP contribution >= 0.6 is 0 Å². The SMILES string of the molecule is CCCCCCC(CCCCCC)(CCCCCCCC(=O)O)C(=O)O. The van der Waals surface area contributed by atoms with E-state index in [0.29, 0.717) is 0 Å². The van der Waals surface area contributed by atoms with Crippen molar-refractivity contribution in [2.24, 2.45) is 5.41 Å². The predicted molar refractivity (Wildman–Crippen MR) is 108 cm³/mol. The summed E-state index contributed by atoms with van der Waals surface area (Å²) in [6.45, 7) is 4.36. The molecule has 0 spiro atoms. The van der Waals surface area contributed by atoms with E-state index >= 15 is 0 Å². The summed E-state index contributed by atoms with van der Waals surface area (Å²) in [7, 11) is 0. The molecule has 0 rings (SSSR count). The Morgan fingerprint density at radius 2 is 1.00 bits per heavy atom. The highest BCUT2D eigenvalue weighted by molar-refractivity contribution is 5.74. The lowest BCUT2D eigenvalue weighted by atomic mass is 9.74. The van der Waals surface area contributed by atoms with Crippen molar-refractivity contribution in [2.75, 3.05) is 0 Å². The van der Waals surface area contributed by atoms with Crippen molar-refractivity contribution in [1.82, 2.24) is 0 Å². The standard InChI is InChI=1S/C22H42O4/c1-3-5-7-13-17-22(21(25)26,18-14-8-6-4-2)19-15-11-9-10-12-16-20(23)24/h3-19H2,1-2H3,(H,23,24)(H,25,26). The lowest BCUT2D eigenvalue weighted by Crippen LogP contribution is -2.31. The molecule has 26 heavy (non-hydrogen) atoms. The quantitative estimate of drug-likeness (QED) is 0.245. The number of unbranched alkanes of at least 4 members (excludes halogenated alkanes) is 10. The van der Waals surface area contributed by atoms with E-state index in [2.05, 4.69) is 13.8 Å². The number of hydrogen-bond donors (Lipinski definition) is 2. The Kier molecular flexibility index (Phi) is 15.5. The molecule has 0 aliphatic carbocycles. The molecule has 0 saturated heterocycles. The summed E-state index contributed by atoms with van der Waals surface area (Å²) in [5.41, 5.74) is -0.539. The molecular weight excluding hydrogens is 328 g/mol. The molecule has 2 N–H and O–H groups in total. The second kappa shape index (κ2) is 16.1. The lowest BCUT2D eigenvalue weighted by molar-refractivity contribution is -0.151. The van der Waals surface area contributed by atoms with Crippen LogP contribution in [0.5, 0.6) is 0 Å². The monoisotopic (exact) mass is 370 g/mol. The van der Waals surface area contributed by atoms with Crippen LogP contribution in [0.2, 0.25) is 0 Å². The van der Waals surface area contributed by atoms with Crippen molar-refractivity contribution in [3.63, 3.8) is 0 Å². The average Bonchev–Trinajstić information content (AvgIpc) is 2.60. The molecule has 0 amide bonds. The van der Waals surface area contributed by atoms with E-state index in [9.17, 15) is 14.7 Å². The Morgan fingerprint density at radius 1 is 0.615 bits per heavy atom. The molecule has 0 aromatic heterocycles. The van der Waals surface area contributed by atoms with Gasteiger partial charge in [-0.15, -0.1) is 0 Å². The molecular formula is C22H42O4. The summed E-state index contributed by atoms with van der Waals surface area (Å²) in [6.07, 6.45) is 16.3. The van der Waals surface area contributed by atoms with Gasteiger partial charge in [0, 0.05) is 6.42 Å². The number of hydrogen-bond acceptors (Lipinski definition) is 2. The zero-order valence-corrected chi connectivity index (χ0v) is 17.2. The van der Waals surface area contributed by atoms with Crippen molar-refractivity contribution in [2.45, 2.75) is 123 Å². The fraction of sp³-hybridized carbons (Fsp3) is 0.909. The maximum Gasteiger partial charge on any atom is 0.309 e. The normalized spacial score (nSPS) is 11.6. The highest BCUT2D eigenvalue weighted by Crippen LogP contribution is 2.37. The molecule has 0 unspecified atom stereocenters. The minimum absolute atomic E-state index is 0.244. The number of rotatable bonds is 19. The molecule has 0 aliphatic rings. The number of aliphatic carboxylic acids is 2. The zero-order valence-electron chi connectivity index (χ0n) is 17.2. The second-order valence-electron chi connectivity index (χ2n) is 7.87. The first-order valence-corrected chi connectivity index (χ1v) is 10.9. The van der Waals surface area contributed by atoms with E-state index in [1.165, 1.54) is 25.7 Å². The van der Waals surface area contributed by atoms with E-state index < -0.39 is 17.4 Å². The molecule has 154 valence electrons. The van der Waals surface area contributed by atoms with Crippen LogP contribution in [-0.4, -0.2) is 22.2 Å². The van der Waals surface area contributed by atoms with Crippen LogP contribution < -0.4 is 0 Å². The van der Waals surface area contributed by atoms with Crippen LogP contribution in [0.25, 0.3) is 0 Å². The Morgan fingerprint density at radius 3 is 1.38 bits per heavy atom. The highest BCUT2D eigenvalue weighted by Gasteiger charge is 2.36. The van der Waals surface area contributed by atoms with Crippen LogP contribution in [0.15, 0.2) is 0 Å². The van der Waals surface area contributed by atoms with E-state index in [4.69, 9.17) is 5.11 Å². The van der Waals surface area contributed by atoms with Gasteiger partial charge in [0.05, 0.1) is 5.41 Å². The van der Waals surface area contributed by atoms with Gasteiger partial charge in [-0.25, -0.2) is 0 Å². The van der Waals surface area contributed by atoms with Crippen molar-refractivity contribution in [3.05, 3.63) is 0 Å². The molecule has 0 radical (unpaired) electrons. The van der Waals surface area contributed by atoms with Crippen LogP contribution in [0.4, 0.5) is 0 Å². The Bertz CT molecular complexity index is 353. The van der Waals surface area contributed by atoms with Crippen molar-refractivity contribution >= 4 is 11.9 Å². The summed E-state index contributed by atoms with van der Waals surface area (Å²) in [5, 5.41) is 18.6. The van der Waals surface area contributed by atoms with Gasteiger partial charge in [-0.05, 0) is 25.7 Å². The molecule has 0 atom stereocenters. The fourth-order valence-electron chi connectivity index (χ4n) is 3.75. The molecule has 0 fully saturated rings. The van der Waals surface area contributed by atoms with Crippen molar-refractivity contribution < 1.29 is 19.8 Å². The topological polar surface area (TPSA) is 74.6 Å². The van der Waals surface area contributed by atoms with Gasteiger partial charge in [0.1, 0.15) is 0 Å². The van der Waals surface area contributed by atoms with Crippen LogP contribution in [0.3, 0.4) is 0 Å². The number of carboxylic acid groups (broad SMARTS) is 2. The maximum atomic E-state index is 12.1. The second-order valence-corrected chi connectivity index (χ2v) is 7.87. The molecule has 4 heteroatoms. The summed E-state index contributed by atoms with van der Waals surface area (Å²) in [5.74, 6) is -1.33. The van der Waals surface area contributed by atoms with Crippen molar-refractivity contribution in [3.8, 4) is 0 Å².